The van der Waals surface area contributed by atoms with Gasteiger partial charge in [-0.3, -0.25) is 9.20 Å². The number of aromatic nitrogens is 2. The molecule has 4 rings (SSSR count). The van der Waals surface area contributed by atoms with Crippen LogP contribution in [0.4, 0.5) is 0 Å². The van der Waals surface area contributed by atoms with Crippen LogP contribution < -0.4 is 11.1 Å². The molecule has 2 aromatic carbocycles. The standard InChI is InChI=1S/C20H20N4OS/c1-13-3-5-14(6-4-13)16-12-24-17-8-7-15(19(25)22-10-2-9-21)11-18(17)26-20(24)23-16/h3-8,11-12H,2,9-10,21H2,1H3,(H,22,25). The fourth-order valence-electron chi connectivity index (χ4n) is 2.91. The van der Waals surface area contributed by atoms with Crippen LogP contribution in [0.25, 0.3) is 26.4 Å². The summed E-state index contributed by atoms with van der Waals surface area (Å²) in [6.07, 6.45) is 2.84. The van der Waals surface area contributed by atoms with Crippen LogP contribution >= 0.6 is 11.3 Å². The SMILES string of the molecule is Cc1ccc(-c2cn3c(n2)sc2cc(C(=O)NCCCN)ccc23)cc1. The number of thiazole rings is 1. The van der Waals surface area contributed by atoms with E-state index < -0.39 is 0 Å². The van der Waals surface area contributed by atoms with Crippen molar-refractivity contribution in [3.05, 3.63) is 59.8 Å². The van der Waals surface area contributed by atoms with E-state index in [1.165, 1.54) is 5.56 Å². The van der Waals surface area contributed by atoms with Crippen LogP contribution in [0.3, 0.4) is 0 Å². The summed E-state index contributed by atoms with van der Waals surface area (Å²) in [6, 6.07) is 14.1. The number of imidazole rings is 1. The van der Waals surface area contributed by atoms with Crippen LogP contribution in [-0.2, 0) is 0 Å². The molecule has 0 saturated carbocycles. The lowest BCUT2D eigenvalue weighted by molar-refractivity contribution is 0.0953. The van der Waals surface area contributed by atoms with Crippen molar-refractivity contribution in [2.75, 3.05) is 13.1 Å². The van der Waals surface area contributed by atoms with E-state index in [9.17, 15) is 4.79 Å². The predicted molar refractivity (Wildman–Crippen MR) is 107 cm³/mol. The van der Waals surface area contributed by atoms with Crippen molar-refractivity contribution in [2.45, 2.75) is 13.3 Å². The Morgan fingerprint density at radius 2 is 2.04 bits per heavy atom. The van der Waals surface area contributed by atoms with E-state index in [-0.39, 0.29) is 5.91 Å². The number of hydrogen-bond donors (Lipinski definition) is 2. The molecule has 6 heteroatoms. The van der Waals surface area contributed by atoms with E-state index in [0.717, 1.165) is 32.9 Å². The summed E-state index contributed by atoms with van der Waals surface area (Å²) in [5.74, 6) is -0.0632. The first kappa shape index (κ1) is 16.8. The summed E-state index contributed by atoms with van der Waals surface area (Å²) < 4.78 is 3.14. The summed E-state index contributed by atoms with van der Waals surface area (Å²) in [7, 11) is 0. The van der Waals surface area contributed by atoms with Crippen molar-refractivity contribution in [2.24, 2.45) is 5.73 Å². The van der Waals surface area contributed by atoms with Gasteiger partial charge in [-0.05, 0) is 38.1 Å². The molecule has 0 radical (unpaired) electrons. The Labute approximate surface area is 155 Å². The highest BCUT2D eigenvalue weighted by Crippen LogP contribution is 2.30. The monoisotopic (exact) mass is 364 g/mol. The molecule has 0 atom stereocenters. The Bertz CT molecular complexity index is 1080. The van der Waals surface area contributed by atoms with Gasteiger partial charge in [0.15, 0.2) is 4.96 Å². The molecule has 2 aromatic heterocycles. The molecule has 0 fully saturated rings. The normalized spacial score (nSPS) is 11.3. The summed E-state index contributed by atoms with van der Waals surface area (Å²) in [4.78, 5) is 17.9. The Morgan fingerprint density at radius 3 is 2.81 bits per heavy atom. The topological polar surface area (TPSA) is 72.4 Å². The number of carbonyl (C=O) groups is 1. The fourth-order valence-corrected chi connectivity index (χ4v) is 3.96. The maximum Gasteiger partial charge on any atom is 0.251 e. The van der Waals surface area contributed by atoms with Crippen LogP contribution in [0.15, 0.2) is 48.7 Å². The summed E-state index contributed by atoms with van der Waals surface area (Å²) in [5.41, 5.74) is 10.5. The lowest BCUT2D eigenvalue weighted by atomic mass is 10.1. The van der Waals surface area contributed by atoms with E-state index in [2.05, 4.69) is 47.1 Å². The second-order valence-electron chi connectivity index (χ2n) is 6.33. The van der Waals surface area contributed by atoms with Crippen molar-refractivity contribution < 1.29 is 4.79 Å². The van der Waals surface area contributed by atoms with Gasteiger partial charge >= 0.3 is 0 Å². The van der Waals surface area contributed by atoms with E-state index in [0.29, 0.717) is 18.7 Å². The van der Waals surface area contributed by atoms with Crippen molar-refractivity contribution in [3.8, 4) is 11.3 Å². The zero-order valence-corrected chi connectivity index (χ0v) is 15.3. The second-order valence-corrected chi connectivity index (χ2v) is 7.34. The minimum absolute atomic E-state index is 0.0632. The molecule has 5 nitrogen and oxygen atoms in total. The first-order valence-corrected chi connectivity index (χ1v) is 9.44. The quantitative estimate of drug-likeness (QED) is 0.532. The third-order valence-electron chi connectivity index (χ3n) is 4.37. The number of rotatable bonds is 5. The molecule has 1 amide bonds. The van der Waals surface area contributed by atoms with Crippen molar-refractivity contribution in [1.82, 2.24) is 14.7 Å². The molecule has 132 valence electrons. The number of benzene rings is 2. The van der Waals surface area contributed by atoms with Crippen LogP contribution in [0.1, 0.15) is 22.3 Å². The number of nitrogens with zero attached hydrogens (tertiary/aromatic N) is 2. The number of hydrogen-bond acceptors (Lipinski definition) is 4. The summed E-state index contributed by atoms with van der Waals surface area (Å²) in [5, 5.41) is 2.89. The van der Waals surface area contributed by atoms with Crippen LogP contribution in [0.5, 0.6) is 0 Å². The highest BCUT2D eigenvalue weighted by Gasteiger charge is 2.12. The van der Waals surface area contributed by atoms with Gasteiger partial charge in [0.05, 0.1) is 15.9 Å². The van der Waals surface area contributed by atoms with Gasteiger partial charge in [-0.2, -0.15) is 0 Å². The maximum atomic E-state index is 12.2. The highest BCUT2D eigenvalue weighted by atomic mass is 32.1. The van der Waals surface area contributed by atoms with Crippen LogP contribution in [-0.4, -0.2) is 28.4 Å². The van der Waals surface area contributed by atoms with Gasteiger partial charge in [-0.15, -0.1) is 0 Å². The van der Waals surface area contributed by atoms with E-state index in [1.54, 1.807) is 11.3 Å². The average molecular weight is 364 g/mol. The van der Waals surface area contributed by atoms with Crippen molar-refractivity contribution in [1.29, 1.82) is 0 Å². The molecule has 2 heterocycles. The molecule has 0 aliphatic heterocycles. The number of nitrogens with one attached hydrogen (secondary N) is 1. The molecule has 0 aliphatic carbocycles. The van der Waals surface area contributed by atoms with E-state index >= 15 is 0 Å². The van der Waals surface area contributed by atoms with Gasteiger partial charge in [0.1, 0.15) is 0 Å². The van der Waals surface area contributed by atoms with Gasteiger partial charge < -0.3 is 11.1 Å². The second kappa shape index (κ2) is 6.90. The van der Waals surface area contributed by atoms with Gasteiger partial charge in [0.25, 0.3) is 5.91 Å². The van der Waals surface area contributed by atoms with Gasteiger partial charge in [0.2, 0.25) is 0 Å². The van der Waals surface area contributed by atoms with E-state index in [4.69, 9.17) is 10.7 Å². The molecule has 0 aliphatic rings. The summed E-state index contributed by atoms with van der Waals surface area (Å²) in [6.45, 7) is 3.25. The third kappa shape index (κ3) is 3.09. The molecular formula is C20H20N4OS. The van der Waals surface area contributed by atoms with Crippen molar-refractivity contribution in [3.63, 3.8) is 0 Å². The predicted octanol–water partition coefficient (Wildman–Crippen LogP) is 3.60. The lowest BCUT2D eigenvalue weighted by Crippen LogP contribution is -2.25. The Kier molecular flexibility index (Phi) is 4.44. The maximum absolute atomic E-state index is 12.2. The van der Waals surface area contributed by atoms with E-state index in [1.807, 2.05) is 18.2 Å². The number of nitrogens with two attached hydrogens (primary N) is 1. The molecule has 4 aromatic rings. The van der Waals surface area contributed by atoms with Crippen LogP contribution in [0, 0.1) is 6.92 Å². The van der Waals surface area contributed by atoms with Gasteiger partial charge in [-0.25, -0.2) is 4.98 Å². The zero-order chi connectivity index (χ0) is 18.1. The molecule has 3 N–H and O–H groups in total. The molecule has 0 unspecified atom stereocenters. The summed E-state index contributed by atoms with van der Waals surface area (Å²) >= 11 is 1.59. The first-order chi connectivity index (χ1) is 12.7. The molecular weight excluding hydrogens is 344 g/mol. The van der Waals surface area contributed by atoms with Gasteiger partial charge in [-0.1, -0.05) is 41.2 Å². The third-order valence-corrected chi connectivity index (χ3v) is 5.39. The average Bonchev–Trinajstić information content (AvgIpc) is 3.19. The number of fused-ring (bicyclic) bond motifs is 3. The Hall–Kier alpha value is -2.70. The largest absolute Gasteiger partial charge is 0.352 e. The number of aryl methyl sites for hydroxylation is 1. The van der Waals surface area contributed by atoms with Crippen LogP contribution in [0.2, 0.25) is 0 Å². The highest BCUT2D eigenvalue weighted by molar-refractivity contribution is 7.23. The molecule has 26 heavy (non-hydrogen) atoms. The Balaban J connectivity index is 1.66. The van der Waals surface area contributed by atoms with Crippen molar-refractivity contribution >= 4 is 32.4 Å². The minimum atomic E-state index is -0.0632. The number of amides is 1. The minimum Gasteiger partial charge on any atom is -0.352 e. The molecule has 0 saturated heterocycles. The molecule has 0 bridgehead atoms. The fraction of sp³-hybridized carbons (Fsp3) is 0.200. The Morgan fingerprint density at radius 1 is 1.23 bits per heavy atom. The first-order valence-electron chi connectivity index (χ1n) is 8.62. The molecule has 0 spiro atoms. The zero-order valence-electron chi connectivity index (χ0n) is 14.5. The number of carbonyl (C=O) groups excluding carboxylic acids is 1. The lowest BCUT2D eigenvalue weighted by Gasteiger charge is -2.04. The smallest absolute Gasteiger partial charge is 0.251 e. The van der Waals surface area contributed by atoms with Gasteiger partial charge in [0, 0.05) is 23.9 Å².